The number of benzene rings is 2. The van der Waals surface area contributed by atoms with Gasteiger partial charge in [0, 0.05) is 6.54 Å². The third kappa shape index (κ3) is 8.80. The Kier molecular flexibility index (Phi) is 10.0. The topological polar surface area (TPSA) is 93.4 Å². The zero-order valence-electron chi connectivity index (χ0n) is 18.8. The molecule has 0 bridgehead atoms. The number of hydrogen-bond donors (Lipinski definition) is 3. The van der Waals surface area contributed by atoms with Gasteiger partial charge in [0.2, 0.25) is 11.8 Å². The molecule has 0 aliphatic rings. The van der Waals surface area contributed by atoms with Gasteiger partial charge in [-0.2, -0.15) is 0 Å². The first-order chi connectivity index (χ1) is 14.9. The molecule has 2 amide bonds. The minimum atomic E-state index is -0.610. The van der Waals surface area contributed by atoms with Crippen LogP contribution >= 0.6 is 0 Å². The molecule has 0 fully saturated rings. The Balaban J connectivity index is 2.04. The van der Waals surface area contributed by atoms with E-state index >= 15 is 0 Å². The van der Waals surface area contributed by atoms with Crippen LogP contribution in [-0.2, 0) is 16.0 Å². The van der Waals surface area contributed by atoms with Crippen LogP contribution in [0.2, 0.25) is 0 Å². The van der Waals surface area contributed by atoms with Crippen molar-refractivity contribution in [1.82, 2.24) is 10.6 Å². The van der Waals surface area contributed by atoms with Gasteiger partial charge in [-0.1, -0.05) is 62.7 Å². The molecule has 6 nitrogen and oxygen atoms in total. The quantitative estimate of drug-likeness (QED) is 0.486. The van der Waals surface area contributed by atoms with E-state index in [2.05, 4.69) is 24.5 Å². The van der Waals surface area contributed by atoms with Crippen molar-refractivity contribution in [2.75, 3.05) is 13.2 Å². The lowest BCUT2D eigenvalue weighted by molar-refractivity contribution is -0.123. The summed E-state index contributed by atoms with van der Waals surface area (Å²) in [6.07, 6.45) is 2.54. The second-order valence-electron chi connectivity index (χ2n) is 8.09. The van der Waals surface area contributed by atoms with Crippen LogP contribution in [0.15, 0.2) is 54.6 Å². The molecule has 0 aliphatic carbocycles. The van der Waals surface area contributed by atoms with Crippen LogP contribution in [0.5, 0.6) is 5.75 Å². The van der Waals surface area contributed by atoms with Crippen molar-refractivity contribution in [3.8, 4) is 5.75 Å². The van der Waals surface area contributed by atoms with Crippen molar-refractivity contribution in [3.63, 3.8) is 0 Å². The van der Waals surface area contributed by atoms with Gasteiger partial charge in [-0.3, -0.25) is 9.59 Å². The fourth-order valence-electron chi connectivity index (χ4n) is 3.25. The first kappa shape index (κ1) is 24.4. The summed E-state index contributed by atoms with van der Waals surface area (Å²) in [4.78, 5) is 24.6. The lowest BCUT2D eigenvalue weighted by atomic mass is 10.1. The predicted octanol–water partition coefficient (Wildman–Crippen LogP) is 3.37. The maximum Gasteiger partial charge on any atom is 0.236 e. The van der Waals surface area contributed by atoms with Crippen molar-refractivity contribution in [2.45, 2.75) is 52.1 Å². The number of carbonyl (C=O) groups excluding carboxylic acids is 2. The van der Waals surface area contributed by atoms with E-state index in [1.54, 1.807) is 6.92 Å². The van der Waals surface area contributed by atoms with Crippen LogP contribution in [0, 0.1) is 5.92 Å². The van der Waals surface area contributed by atoms with E-state index in [4.69, 9.17) is 10.5 Å². The number of nitrogens with two attached hydrogens (primary N) is 1. The molecule has 168 valence electrons. The van der Waals surface area contributed by atoms with Crippen LogP contribution in [0.4, 0.5) is 0 Å². The summed E-state index contributed by atoms with van der Waals surface area (Å²) in [6.45, 7) is 6.91. The smallest absolute Gasteiger partial charge is 0.236 e. The normalized spacial score (nSPS) is 13.7. The molecule has 0 radical (unpaired) electrons. The zero-order chi connectivity index (χ0) is 22.6. The lowest BCUT2D eigenvalue weighted by Crippen LogP contribution is -2.43. The fraction of sp³-hybridized carbons (Fsp3) is 0.440. The molecule has 3 atom stereocenters. The van der Waals surface area contributed by atoms with E-state index in [-0.39, 0.29) is 30.8 Å². The third-order valence-corrected chi connectivity index (χ3v) is 5.04. The second-order valence-corrected chi connectivity index (χ2v) is 8.09. The van der Waals surface area contributed by atoms with Gasteiger partial charge in [-0.15, -0.1) is 0 Å². The Labute approximate surface area is 185 Å². The highest BCUT2D eigenvalue weighted by Crippen LogP contribution is 2.19. The third-order valence-electron chi connectivity index (χ3n) is 5.04. The van der Waals surface area contributed by atoms with Gasteiger partial charge in [0.15, 0.2) is 0 Å². The number of amides is 2. The average molecular weight is 426 g/mol. The van der Waals surface area contributed by atoms with E-state index in [0.717, 1.165) is 29.7 Å². The summed E-state index contributed by atoms with van der Waals surface area (Å²) in [5.41, 5.74) is 7.47. The molecule has 0 saturated carbocycles. The van der Waals surface area contributed by atoms with Crippen LogP contribution < -0.4 is 21.1 Å². The molecule has 31 heavy (non-hydrogen) atoms. The molecule has 4 N–H and O–H groups in total. The summed E-state index contributed by atoms with van der Waals surface area (Å²) < 4.78 is 5.87. The summed E-state index contributed by atoms with van der Waals surface area (Å²) in [6, 6.07) is 16.2. The predicted molar refractivity (Wildman–Crippen MR) is 124 cm³/mol. The maximum absolute atomic E-state index is 12.6. The van der Waals surface area contributed by atoms with Crippen LogP contribution in [0.3, 0.4) is 0 Å². The van der Waals surface area contributed by atoms with Gasteiger partial charge < -0.3 is 21.1 Å². The summed E-state index contributed by atoms with van der Waals surface area (Å²) in [5, 5.41) is 5.84. The van der Waals surface area contributed by atoms with E-state index in [0.29, 0.717) is 12.5 Å². The number of nitrogens with one attached hydrogen (secondary N) is 2. The molecule has 0 saturated heterocycles. The molecule has 0 aromatic heterocycles. The van der Waals surface area contributed by atoms with Gasteiger partial charge in [-0.25, -0.2) is 0 Å². The molecule has 0 spiro atoms. The van der Waals surface area contributed by atoms with Gasteiger partial charge in [0.25, 0.3) is 0 Å². The van der Waals surface area contributed by atoms with E-state index in [1.807, 2.05) is 54.6 Å². The van der Waals surface area contributed by atoms with Gasteiger partial charge in [0.05, 0.1) is 25.1 Å². The van der Waals surface area contributed by atoms with Gasteiger partial charge >= 0.3 is 0 Å². The number of carbonyl (C=O) groups is 2. The largest absolute Gasteiger partial charge is 0.493 e. The van der Waals surface area contributed by atoms with Crippen molar-refractivity contribution in [1.29, 1.82) is 0 Å². The highest BCUT2D eigenvalue weighted by molar-refractivity contribution is 5.81. The molecule has 0 aliphatic heterocycles. The van der Waals surface area contributed by atoms with Gasteiger partial charge in [0.1, 0.15) is 5.75 Å². The second kappa shape index (κ2) is 12.7. The Morgan fingerprint density at radius 3 is 2.32 bits per heavy atom. The molecule has 3 unspecified atom stereocenters. The number of rotatable bonds is 12. The minimum absolute atomic E-state index is 0.111. The summed E-state index contributed by atoms with van der Waals surface area (Å²) in [7, 11) is 0. The minimum Gasteiger partial charge on any atom is -0.493 e. The molecular formula is C25H35N3O3. The summed E-state index contributed by atoms with van der Waals surface area (Å²) in [5.74, 6) is 0.927. The Bertz CT molecular complexity index is 807. The van der Waals surface area contributed by atoms with Crippen molar-refractivity contribution in [2.24, 2.45) is 11.7 Å². The highest BCUT2D eigenvalue weighted by Gasteiger charge is 2.17. The first-order valence-corrected chi connectivity index (χ1v) is 11.0. The standard InChI is InChI=1S/C25H35N3O3/c1-4-8-18(2)17-31-22-13-11-21(12-14-22)23(16-27-25(30)19(3)26)28-24(29)15-20-9-6-5-7-10-20/h5-7,9-14,18-19,23H,4,8,15-17,26H2,1-3H3,(H,27,30)(H,28,29). The summed E-state index contributed by atoms with van der Waals surface area (Å²) >= 11 is 0. The Morgan fingerprint density at radius 2 is 1.71 bits per heavy atom. The SMILES string of the molecule is CCCC(C)COc1ccc(C(CNC(=O)C(C)N)NC(=O)Cc2ccccc2)cc1. The zero-order valence-corrected chi connectivity index (χ0v) is 18.8. The van der Waals surface area contributed by atoms with Crippen molar-refractivity contribution in [3.05, 3.63) is 65.7 Å². The van der Waals surface area contributed by atoms with Crippen LogP contribution in [-0.4, -0.2) is 31.0 Å². The first-order valence-electron chi connectivity index (χ1n) is 11.0. The molecular weight excluding hydrogens is 390 g/mol. The van der Waals surface area contributed by atoms with Crippen molar-refractivity contribution < 1.29 is 14.3 Å². The molecule has 2 aromatic carbocycles. The maximum atomic E-state index is 12.6. The molecule has 6 heteroatoms. The molecule has 2 rings (SSSR count). The monoisotopic (exact) mass is 425 g/mol. The number of ether oxygens (including phenoxy) is 1. The van der Waals surface area contributed by atoms with E-state index in [1.165, 1.54) is 0 Å². The van der Waals surface area contributed by atoms with Crippen LogP contribution in [0.1, 0.15) is 50.8 Å². The fourth-order valence-corrected chi connectivity index (χ4v) is 3.25. The van der Waals surface area contributed by atoms with E-state index < -0.39 is 6.04 Å². The Hall–Kier alpha value is -2.86. The lowest BCUT2D eigenvalue weighted by Gasteiger charge is -2.21. The highest BCUT2D eigenvalue weighted by atomic mass is 16.5. The molecule has 2 aromatic rings. The Morgan fingerprint density at radius 1 is 1.03 bits per heavy atom. The van der Waals surface area contributed by atoms with Crippen molar-refractivity contribution >= 4 is 11.8 Å². The van der Waals surface area contributed by atoms with Crippen LogP contribution in [0.25, 0.3) is 0 Å². The average Bonchev–Trinajstić information content (AvgIpc) is 2.76. The van der Waals surface area contributed by atoms with E-state index in [9.17, 15) is 9.59 Å². The van der Waals surface area contributed by atoms with Gasteiger partial charge in [-0.05, 0) is 42.5 Å². The number of hydrogen-bond acceptors (Lipinski definition) is 4. The molecule has 0 heterocycles.